The molecule has 3 aromatic rings. The molecule has 1 aliphatic heterocycles. The first-order valence-corrected chi connectivity index (χ1v) is 12.1. The number of para-hydroxylation sites is 1. The summed E-state index contributed by atoms with van der Waals surface area (Å²) in [4.78, 5) is 9.29. The average Bonchev–Trinajstić information content (AvgIpc) is 3.25. The Labute approximate surface area is 203 Å². The second-order valence-corrected chi connectivity index (χ2v) is 9.77. The summed E-state index contributed by atoms with van der Waals surface area (Å²) in [5, 5.41) is 4.41. The van der Waals surface area contributed by atoms with Crippen molar-refractivity contribution in [3.05, 3.63) is 82.4 Å². The Kier molecular flexibility index (Phi) is 6.86. The summed E-state index contributed by atoms with van der Waals surface area (Å²) in [7, 11) is 4.24. The number of hydrogen-bond donors (Lipinski definition) is 1. The smallest absolute Gasteiger partial charge is 0.170 e. The molecule has 174 valence electrons. The SMILES string of the molecule is Cc1cccc(C)c1-n1c(C)cc(C2C(c3ccccn3)NC(=S)N2CCCN(C)C)c1C. The van der Waals surface area contributed by atoms with Crippen molar-refractivity contribution >= 4 is 17.3 Å². The predicted octanol–water partition coefficient (Wildman–Crippen LogP) is 5.03. The van der Waals surface area contributed by atoms with Crippen LogP contribution in [0.5, 0.6) is 0 Å². The zero-order chi connectivity index (χ0) is 23.7. The summed E-state index contributed by atoms with van der Waals surface area (Å²) in [5.74, 6) is 0. The van der Waals surface area contributed by atoms with Gasteiger partial charge in [0.2, 0.25) is 0 Å². The lowest BCUT2D eigenvalue weighted by molar-refractivity contribution is 0.292. The molecule has 0 bridgehead atoms. The first-order valence-electron chi connectivity index (χ1n) is 11.7. The van der Waals surface area contributed by atoms with Crippen molar-refractivity contribution in [1.29, 1.82) is 0 Å². The van der Waals surface area contributed by atoms with Crippen molar-refractivity contribution < 1.29 is 0 Å². The van der Waals surface area contributed by atoms with Crippen LogP contribution >= 0.6 is 12.2 Å². The molecule has 2 atom stereocenters. The topological polar surface area (TPSA) is 36.3 Å². The van der Waals surface area contributed by atoms with E-state index in [1.54, 1.807) is 0 Å². The highest BCUT2D eigenvalue weighted by Crippen LogP contribution is 2.41. The number of aryl methyl sites for hydroxylation is 3. The zero-order valence-corrected chi connectivity index (χ0v) is 21.4. The standard InChI is InChI=1S/C27H35N5S/c1-18-11-9-12-19(2)25(18)32-20(3)17-22(21(32)4)26-24(23-13-7-8-14-28-23)29-27(33)31(26)16-10-15-30(5)6/h7-9,11-14,17,24,26H,10,15-16H2,1-6H3,(H,29,33). The summed E-state index contributed by atoms with van der Waals surface area (Å²) in [6.07, 6.45) is 2.92. The fourth-order valence-electron chi connectivity index (χ4n) is 5.13. The molecular weight excluding hydrogens is 426 g/mol. The molecule has 3 heterocycles. The summed E-state index contributed by atoms with van der Waals surface area (Å²) in [6.45, 7) is 10.8. The van der Waals surface area contributed by atoms with Gasteiger partial charge in [0.25, 0.3) is 0 Å². The average molecular weight is 462 g/mol. The number of aromatic nitrogens is 2. The van der Waals surface area contributed by atoms with Gasteiger partial charge < -0.3 is 19.7 Å². The lowest BCUT2D eigenvalue weighted by Crippen LogP contribution is -2.32. The minimum absolute atomic E-state index is 0.0185. The van der Waals surface area contributed by atoms with Crippen LogP contribution in [0.4, 0.5) is 0 Å². The van der Waals surface area contributed by atoms with Crippen LogP contribution in [0.25, 0.3) is 5.69 Å². The minimum atomic E-state index is 0.0185. The molecule has 0 spiro atoms. The third kappa shape index (κ3) is 4.55. The Bertz CT molecular complexity index is 1110. The Hall–Kier alpha value is -2.70. The number of pyridine rings is 1. The highest BCUT2D eigenvalue weighted by molar-refractivity contribution is 7.80. The van der Waals surface area contributed by atoms with Crippen LogP contribution in [0.1, 0.15) is 52.3 Å². The lowest BCUT2D eigenvalue weighted by atomic mass is 9.96. The number of thiocarbonyl (C=S) groups is 1. The summed E-state index contributed by atoms with van der Waals surface area (Å²) in [5.41, 5.74) is 8.69. The number of hydrogen-bond acceptors (Lipinski definition) is 3. The van der Waals surface area contributed by atoms with Crippen LogP contribution in [0.2, 0.25) is 0 Å². The maximum Gasteiger partial charge on any atom is 0.170 e. The lowest BCUT2D eigenvalue weighted by Gasteiger charge is -2.28. The second kappa shape index (κ2) is 9.65. The van der Waals surface area contributed by atoms with E-state index in [-0.39, 0.29) is 12.1 Å². The zero-order valence-electron chi connectivity index (χ0n) is 20.6. The Morgan fingerprint density at radius 2 is 1.76 bits per heavy atom. The van der Waals surface area contributed by atoms with Crippen molar-refractivity contribution in [1.82, 2.24) is 24.7 Å². The second-order valence-electron chi connectivity index (χ2n) is 9.38. The quantitative estimate of drug-likeness (QED) is 0.500. The van der Waals surface area contributed by atoms with Gasteiger partial charge in [0.05, 0.1) is 23.5 Å². The van der Waals surface area contributed by atoms with Gasteiger partial charge in [-0.05, 0) is 102 Å². The molecule has 0 amide bonds. The molecule has 1 fully saturated rings. The highest BCUT2D eigenvalue weighted by atomic mass is 32.1. The van der Waals surface area contributed by atoms with Crippen molar-refractivity contribution in [3.63, 3.8) is 0 Å². The molecule has 1 aliphatic rings. The molecule has 2 unspecified atom stereocenters. The van der Waals surface area contributed by atoms with E-state index in [4.69, 9.17) is 17.2 Å². The third-order valence-electron chi connectivity index (χ3n) is 6.65. The van der Waals surface area contributed by atoms with E-state index in [0.717, 1.165) is 30.3 Å². The molecule has 5 nitrogen and oxygen atoms in total. The fraction of sp³-hybridized carbons (Fsp3) is 0.407. The van der Waals surface area contributed by atoms with E-state index in [9.17, 15) is 0 Å². The van der Waals surface area contributed by atoms with E-state index >= 15 is 0 Å². The van der Waals surface area contributed by atoms with E-state index in [2.05, 4.69) is 97.9 Å². The molecule has 0 saturated carbocycles. The van der Waals surface area contributed by atoms with Crippen LogP contribution in [0.15, 0.2) is 48.7 Å². The molecule has 33 heavy (non-hydrogen) atoms. The molecule has 2 aromatic heterocycles. The maximum absolute atomic E-state index is 5.86. The van der Waals surface area contributed by atoms with Gasteiger partial charge in [0, 0.05) is 24.1 Å². The van der Waals surface area contributed by atoms with Crippen LogP contribution in [0.3, 0.4) is 0 Å². The van der Waals surface area contributed by atoms with Gasteiger partial charge in [-0.2, -0.15) is 0 Å². The van der Waals surface area contributed by atoms with Gasteiger partial charge in [-0.3, -0.25) is 4.98 Å². The van der Waals surface area contributed by atoms with Crippen LogP contribution in [0, 0.1) is 27.7 Å². The van der Waals surface area contributed by atoms with E-state index in [0.29, 0.717) is 0 Å². The molecule has 0 aliphatic carbocycles. The molecule has 1 N–H and O–H groups in total. The highest BCUT2D eigenvalue weighted by Gasteiger charge is 2.41. The van der Waals surface area contributed by atoms with Crippen LogP contribution < -0.4 is 5.32 Å². The van der Waals surface area contributed by atoms with E-state index in [1.807, 2.05) is 12.3 Å². The Balaban J connectivity index is 1.81. The van der Waals surface area contributed by atoms with Gasteiger partial charge in [-0.15, -0.1) is 0 Å². The molecule has 1 saturated heterocycles. The number of rotatable bonds is 7. The van der Waals surface area contributed by atoms with Crippen molar-refractivity contribution in [2.24, 2.45) is 0 Å². The minimum Gasteiger partial charge on any atom is -0.352 e. The molecule has 4 rings (SSSR count). The monoisotopic (exact) mass is 461 g/mol. The van der Waals surface area contributed by atoms with Crippen LogP contribution in [-0.4, -0.2) is 51.6 Å². The van der Waals surface area contributed by atoms with Crippen LogP contribution in [-0.2, 0) is 0 Å². The molecule has 0 radical (unpaired) electrons. The summed E-state index contributed by atoms with van der Waals surface area (Å²) >= 11 is 5.86. The maximum atomic E-state index is 5.86. The van der Waals surface area contributed by atoms with Gasteiger partial charge in [-0.25, -0.2) is 0 Å². The predicted molar refractivity (Wildman–Crippen MR) is 140 cm³/mol. The first kappa shape index (κ1) is 23.5. The van der Waals surface area contributed by atoms with E-state index < -0.39 is 0 Å². The Morgan fingerprint density at radius 1 is 1.03 bits per heavy atom. The van der Waals surface area contributed by atoms with Crippen molar-refractivity contribution in [3.8, 4) is 5.69 Å². The summed E-state index contributed by atoms with van der Waals surface area (Å²) < 4.78 is 2.41. The first-order chi connectivity index (χ1) is 15.8. The van der Waals surface area contributed by atoms with Crippen molar-refractivity contribution in [2.75, 3.05) is 27.2 Å². The fourth-order valence-corrected chi connectivity index (χ4v) is 5.46. The molecule has 6 heteroatoms. The normalized spacial score (nSPS) is 18.3. The van der Waals surface area contributed by atoms with Gasteiger partial charge in [-0.1, -0.05) is 24.3 Å². The largest absolute Gasteiger partial charge is 0.352 e. The number of nitrogens with zero attached hydrogens (tertiary/aromatic N) is 4. The van der Waals surface area contributed by atoms with Gasteiger partial charge in [0.1, 0.15) is 0 Å². The molecular formula is C27H35N5S. The van der Waals surface area contributed by atoms with Crippen molar-refractivity contribution in [2.45, 2.75) is 46.2 Å². The Morgan fingerprint density at radius 3 is 2.39 bits per heavy atom. The van der Waals surface area contributed by atoms with Gasteiger partial charge >= 0.3 is 0 Å². The van der Waals surface area contributed by atoms with Gasteiger partial charge in [0.15, 0.2) is 5.11 Å². The third-order valence-corrected chi connectivity index (χ3v) is 7.01. The summed E-state index contributed by atoms with van der Waals surface area (Å²) in [6, 6.07) is 15.1. The number of benzene rings is 1. The van der Waals surface area contributed by atoms with E-state index in [1.165, 1.54) is 33.8 Å². The molecule has 1 aromatic carbocycles. The number of nitrogens with one attached hydrogen (secondary N) is 1.